The molecule has 0 radical (unpaired) electrons. The maximum absolute atomic E-state index is 13.9. The lowest BCUT2D eigenvalue weighted by Gasteiger charge is -2.26. The van der Waals surface area contributed by atoms with Gasteiger partial charge >= 0.3 is 5.97 Å². The van der Waals surface area contributed by atoms with Crippen LogP contribution >= 0.6 is 11.3 Å². The van der Waals surface area contributed by atoms with Crippen LogP contribution in [0.15, 0.2) is 61.9 Å². The van der Waals surface area contributed by atoms with Crippen molar-refractivity contribution in [2.24, 2.45) is 4.99 Å². The first-order valence-corrected chi connectivity index (χ1v) is 14.0. The van der Waals surface area contributed by atoms with Crippen molar-refractivity contribution in [2.75, 3.05) is 24.6 Å². The van der Waals surface area contributed by atoms with Crippen LogP contribution < -0.4 is 24.5 Å². The molecule has 0 N–H and O–H groups in total. The molecule has 1 fully saturated rings. The quantitative estimate of drug-likeness (QED) is 0.422. The third-order valence-corrected chi connectivity index (χ3v) is 7.63. The Morgan fingerprint density at radius 3 is 2.68 bits per heavy atom. The fourth-order valence-electron chi connectivity index (χ4n) is 4.99. The molecule has 2 aliphatic heterocycles. The summed E-state index contributed by atoms with van der Waals surface area (Å²) in [5.41, 5.74) is 1.31. The number of para-hydroxylation sites is 1. The van der Waals surface area contributed by atoms with Crippen LogP contribution in [0, 0.1) is 0 Å². The highest BCUT2D eigenvalue weighted by atomic mass is 32.1. The van der Waals surface area contributed by atoms with Gasteiger partial charge in [-0.15, -0.1) is 0 Å². The molecule has 200 valence electrons. The zero-order valence-corrected chi connectivity index (χ0v) is 23.0. The lowest BCUT2D eigenvalue weighted by molar-refractivity contribution is -0.139. The van der Waals surface area contributed by atoms with Crippen LogP contribution in [0.5, 0.6) is 5.75 Å². The van der Waals surface area contributed by atoms with E-state index in [1.54, 1.807) is 24.5 Å². The molecule has 1 saturated heterocycles. The molecule has 0 bridgehead atoms. The van der Waals surface area contributed by atoms with Crippen molar-refractivity contribution in [1.82, 2.24) is 4.57 Å². The van der Waals surface area contributed by atoms with Crippen LogP contribution in [0.1, 0.15) is 64.3 Å². The number of benzene rings is 1. The van der Waals surface area contributed by atoms with Crippen LogP contribution in [-0.2, 0) is 9.53 Å². The number of fused-ring (bicyclic) bond motifs is 1. The van der Waals surface area contributed by atoms with Crippen LogP contribution in [0.4, 0.5) is 5.88 Å². The average Bonchev–Trinajstić information content (AvgIpc) is 3.48. The fourth-order valence-corrected chi connectivity index (χ4v) is 6.01. The van der Waals surface area contributed by atoms with Crippen molar-refractivity contribution in [3.05, 3.63) is 78.7 Å². The zero-order valence-electron chi connectivity index (χ0n) is 22.2. The fraction of sp³-hybridized carbons (Fsp3) is 0.414. The molecule has 38 heavy (non-hydrogen) atoms. The molecule has 4 heterocycles. The van der Waals surface area contributed by atoms with E-state index in [1.807, 2.05) is 50.2 Å². The number of piperidine rings is 1. The summed E-state index contributed by atoms with van der Waals surface area (Å²) >= 11 is 1.28. The van der Waals surface area contributed by atoms with Crippen molar-refractivity contribution >= 4 is 29.3 Å². The number of anilines is 1. The summed E-state index contributed by atoms with van der Waals surface area (Å²) in [6.45, 7) is 9.59. The van der Waals surface area contributed by atoms with Gasteiger partial charge in [-0.2, -0.15) is 0 Å². The number of allylic oxidation sites excluding steroid dienone is 1. The van der Waals surface area contributed by atoms with Gasteiger partial charge < -0.3 is 18.8 Å². The number of esters is 1. The molecule has 0 amide bonds. The van der Waals surface area contributed by atoms with Crippen molar-refractivity contribution in [1.29, 1.82) is 0 Å². The molecule has 0 aliphatic carbocycles. The predicted octanol–water partition coefficient (Wildman–Crippen LogP) is 4.17. The van der Waals surface area contributed by atoms with E-state index in [4.69, 9.17) is 13.9 Å². The van der Waals surface area contributed by atoms with E-state index in [0.29, 0.717) is 37.7 Å². The number of carbonyl (C=O) groups is 1. The Morgan fingerprint density at radius 1 is 1.18 bits per heavy atom. The number of aromatic nitrogens is 1. The van der Waals surface area contributed by atoms with Crippen molar-refractivity contribution in [2.45, 2.75) is 59.1 Å². The third kappa shape index (κ3) is 5.07. The van der Waals surface area contributed by atoms with Gasteiger partial charge in [0, 0.05) is 30.8 Å². The van der Waals surface area contributed by atoms with Gasteiger partial charge in [0.2, 0.25) is 0 Å². The first-order valence-electron chi connectivity index (χ1n) is 13.2. The summed E-state index contributed by atoms with van der Waals surface area (Å²) in [7, 11) is 0. The lowest BCUT2D eigenvalue weighted by Crippen LogP contribution is -2.40. The number of nitrogens with zero attached hydrogens (tertiary/aromatic N) is 3. The molecule has 1 atom stereocenters. The minimum Gasteiger partial charge on any atom is -0.491 e. The highest BCUT2D eigenvalue weighted by Gasteiger charge is 2.35. The number of rotatable bonds is 7. The van der Waals surface area contributed by atoms with Gasteiger partial charge in [0.15, 0.2) is 10.7 Å². The molecular formula is C29H33N3O5S. The second-order valence-electron chi connectivity index (χ2n) is 9.73. The van der Waals surface area contributed by atoms with Crippen LogP contribution in [0.25, 0.3) is 6.08 Å². The van der Waals surface area contributed by atoms with Crippen molar-refractivity contribution in [3.63, 3.8) is 0 Å². The molecule has 0 spiro atoms. The summed E-state index contributed by atoms with van der Waals surface area (Å²) < 4.78 is 19.7. The smallest absolute Gasteiger partial charge is 0.338 e. The minimum absolute atomic E-state index is 0.0869. The summed E-state index contributed by atoms with van der Waals surface area (Å²) in [4.78, 5) is 34.5. The number of thiazole rings is 1. The Bertz CT molecular complexity index is 1540. The molecule has 2 aromatic heterocycles. The number of ether oxygens (including phenoxy) is 2. The minimum atomic E-state index is -0.733. The normalized spacial score (nSPS) is 18.0. The van der Waals surface area contributed by atoms with Crippen LogP contribution in [0.3, 0.4) is 0 Å². The van der Waals surface area contributed by atoms with Gasteiger partial charge in [-0.05, 0) is 59.1 Å². The molecule has 1 unspecified atom stereocenters. The first kappa shape index (κ1) is 26.0. The van der Waals surface area contributed by atoms with Gasteiger partial charge in [-0.1, -0.05) is 29.5 Å². The van der Waals surface area contributed by atoms with E-state index in [2.05, 4.69) is 9.89 Å². The molecule has 5 rings (SSSR count). The van der Waals surface area contributed by atoms with Crippen LogP contribution in [-0.4, -0.2) is 36.3 Å². The number of furan rings is 1. The molecular weight excluding hydrogens is 502 g/mol. The number of hydrogen-bond acceptors (Lipinski definition) is 8. The number of carbonyl (C=O) groups excluding carboxylic acids is 1. The summed E-state index contributed by atoms with van der Waals surface area (Å²) in [5, 5.41) is 0. The van der Waals surface area contributed by atoms with E-state index in [0.717, 1.165) is 31.8 Å². The Kier molecular flexibility index (Phi) is 7.56. The van der Waals surface area contributed by atoms with Crippen molar-refractivity contribution in [3.8, 4) is 5.75 Å². The molecule has 8 nitrogen and oxygen atoms in total. The van der Waals surface area contributed by atoms with E-state index in [9.17, 15) is 9.59 Å². The van der Waals surface area contributed by atoms with Gasteiger partial charge in [-0.3, -0.25) is 9.36 Å². The third-order valence-electron chi connectivity index (χ3n) is 6.65. The topological polar surface area (TPSA) is 86.3 Å². The maximum atomic E-state index is 13.9. The van der Waals surface area contributed by atoms with E-state index >= 15 is 0 Å². The Morgan fingerprint density at radius 2 is 1.95 bits per heavy atom. The molecule has 1 aromatic carbocycles. The van der Waals surface area contributed by atoms with Gasteiger partial charge in [0.05, 0.1) is 28.5 Å². The highest BCUT2D eigenvalue weighted by molar-refractivity contribution is 7.07. The van der Waals surface area contributed by atoms with Gasteiger partial charge in [0.1, 0.15) is 17.6 Å². The van der Waals surface area contributed by atoms with E-state index in [1.165, 1.54) is 17.8 Å². The Hall–Kier alpha value is -3.59. The predicted molar refractivity (Wildman–Crippen MR) is 147 cm³/mol. The second-order valence-corrected chi connectivity index (χ2v) is 10.7. The standard InChI is InChI=1S/C29H33N3O5S/c1-5-35-28(34)25-19(4)30-29-32(26(25)21-11-7-8-12-22(21)36-18(2)3)27(33)23(38-29)17-20-13-14-24(37-20)31-15-9-6-10-16-31/h7-8,11-14,17-18,26H,5-6,9-10,15-16H2,1-4H3. The Balaban J connectivity index is 1.64. The Labute approximate surface area is 225 Å². The number of hydrogen-bond donors (Lipinski definition) is 0. The van der Waals surface area contributed by atoms with Crippen LogP contribution in [0.2, 0.25) is 0 Å². The average molecular weight is 536 g/mol. The maximum Gasteiger partial charge on any atom is 0.338 e. The van der Waals surface area contributed by atoms with E-state index < -0.39 is 12.0 Å². The van der Waals surface area contributed by atoms with Gasteiger partial charge in [-0.25, -0.2) is 9.79 Å². The summed E-state index contributed by atoms with van der Waals surface area (Å²) in [5.74, 6) is 1.54. The second kappa shape index (κ2) is 11.0. The van der Waals surface area contributed by atoms with Crippen molar-refractivity contribution < 1.29 is 18.7 Å². The summed E-state index contributed by atoms with van der Waals surface area (Å²) in [6, 6.07) is 10.6. The first-order chi connectivity index (χ1) is 18.4. The highest BCUT2D eigenvalue weighted by Crippen LogP contribution is 2.36. The molecule has 2 aliphatic rings. The molecule has 9 heteroatoms. The SMILES string of the molecule is CCOC(=O)C1=C(C)N=c2sc(=Cc3ccc(N4CCCCC4)o3)c(=O)n2C1c1ccccc1OC(C)C. The lowest BCUT2D eigenvalue weighted by atomic mass is 9.95. The summed E-state index contributed by atoms with van der Waals surface area (Å²) in [6.07, 6.45) is 5.22. The van der Waals surface area contributed by atoms with Gasteiger partial charge in [0.25, 0.3) is 5.56 Å². The van der Waals surface area contributed by atoms with E-state index in [-0.39, 0.29) is 18.3 Å². The molecule has 3 aromatic rings. The largest absolute Gasteiger partial charge is 0.491 e. The monoisotopic (exact) mass is 535 g/mol. The zero-order chi connectivity index (χ0) is 26.8. The molecule has 0 saturated carbocycles.